The molecule has 0 bridgehead atoms. The molecule has 0 saturated heterocycles. The van der Waals surface area contributed by atoms with Crippen LogP contribution < -0.4 is 0 Å². The van der Waals surface area contributed by atoms with Gasteiger partial charge in [0.25, 0.3) is 0 Å². The van der Waals surface area contributed by atoms with Crippen molar-refractivity contribution in [2.75, 3.05) is 6.61 Å². The summed E-state index contributed by atoms with van der Waals surface area (Å²) in [4.78, 5) is 10.8. The fourth-order valence-electron chi connectivity index (χ4n) is 0.652. The van der Waals surface area contributed by atoms with Crippen molar-refractivity contribution in [2.24, 2.45) is 0 Å². The molecule has 0 fully saturated rings. The summed E-state index contributed by atoms with van der Waals surface area (Å²) in [5.74, 6) is -0.574. The second-order valence-electron chi connectivity index (χ2n) is 2.43. The molecule has 0 aliphatic carbocycles. The molecule has 0 rings (SSSR count). The highest BCUT2D eigenvalue weighted by molar-refractivity contribution is 5.74. The Morgan fingerprint density at radius 2 is 2.27 bits per heavy atom. The minimum Gasteiger partial charge on any atom is -0.464 e. The Kier molecular flexibility index (Phi) is 4.54. The standard InChI is InChI=1S/C8H14O3/c1-4-11-8(10)7(9)5-6(2)3/h7,9H,2,4-5H2,1,3H3. The highest BCUT2D eigenvalue weighted by atomic mass is 16.5. The molecule has 0 radical (unpaired) electrons. The monoisotopic (exact) mass is 158 g/mol. The molecule has 3 nitrogen and oxygen atoms in total. The van der Waals surface area contributed by atoms with E-state index in [2.05, 4.69) is 11.3 Å². The van der Waals surface area contributed by atoms with E-state index >= 15 is 0 Å². The molecule has 0 aliphatic heterocycles. The van der Waals surface area contributed by atoms with E-state index in [1.807, 2.05) is 0 Å². The van der Waals surface area contributed by atoms with E-state index in [9.17, 15) is 4.79 Å². The van der Waals surface area contributed by atoms with Crippen LogP contribution in [-0.4, -0.2) is 23.8 Å². The van der Waals surface area contributed by atoms with E-state index in [1.165, 1.54) is 0 Å². The molecule has 0 aromatic rings. The van der Waals surface area contributed by atoms with Crippen LogP contribution in [0.25, 0.3) is 0 Å². The van der Waals surface area contributed by atoms with Gasteiger partial charge in [-0.05, 0) is 13.8 Å². The fourth-order valence-corrected chi connectivity index (χ4v) is 0.652. The summed E-state index contributed by atoms with van der Waals surface area (Å²) >= 11 is 0. The Morgan fingerprint density at radius 1 is 1.73 bits per heavy atom. The van der Waals surface area contributed by atoms with E-state index in [0.717, 1.165) is 5.57 Å². The molecule has 3 heteroatoms. The summed E-state index contributed by atoms with van der Waals surface area (Å²) < 4.78 is 4.57. The summed E-state index contributed by atoms with van der Waals surface area (Å²) in [5, 5.41) is 9.08. The molecule has 0 amide bonds. The van der Waals surface area contributed by atoms with Crippen LogP contribution in [0.15, 0.2) is 12.2 Å². The Hall–Kier alpha value is -0.830. The molecule has 64 valence electrons. The topological polar surface area (TPSA) is 46.5 Å². The molecule has 0 aliphatic rings. The minimum absolute atomic E-state index is 0.277. The van der Waals surface area contributed by atoms with Crippen molar-refractivity contribution in [1.82, 2.24) is 0 Å². The maximum Gasteiger partial charge on any atom is 0.335 e. The number of carbonyl (C=O) groups is 1. The third-order valence-electron chi connectivity index (χ3n) is 1.10. The first-order valence-corrected chi connectivity index (χ1v) is 3.57. The number of carbonyl (C=O) groups excluding carboxylic acids is 1. The van der Waals surface area contributed by atoms with Crippen LogP contribution in [0, 0.1) is 0 Å². The highest BCUT2D eigenvalue weighted by Crippen LogP contribution is 2.02. The van der Waals surface area contributed by atoms with Gasteiger partial charge < -0.3 is 9.84 Å². The quantitative estimate of drug-likeness (QED) is 0.488. The number of esters is 1. The van der Waals surface area contributed by atoms with E-state index in [0.29, 0.717) is 6.61 Å². The molecular weight excluding hydrogens is 144 g/mol. The van der Waals surface area contributed by atoms with E-state index in [4.69, 9.17) is 5.11 Å². The zero-order chi connectivity index (χ0) is 8.85. The lowest BCUT2D eigenvalue weighted by molar-refractivity contribution is -0.152. The first-order chi connectivity index (χ1) is 5.07. The zero-order valence-corrected chi connectivity index (χ0v) is 6.96. The predicted molar refractivity (Wildman–Crippen MR) is 42.1 cm³/mol. The van der Waals surface area contributed by atoms with Gasteiger partial charge in [-0.15, -0.1) is 6.58 Å². The van der Waals surface area contributed by atoms with Crippen molar-refractivity contribution in [1.29, 1.82) is 0 Å². The van der Waals surface area contributed by atoms with Crippen LogP contribution in [0.4, 0.5) is 0 Å². The van der Waals surface area contributed by atoms with Gasteiger partial charge in [0, 0.05) is 6.42 Å². The average molecular weight is 158 g/mol. The third kappa shape index (κ3) is 4.56. The second-order valence-corrected chi connectivity index (χ2v) is 2.43. The van der Waals surface area contributed by atoms with Crippen LogP contribution in [-0.2, 0) is 9.53 Å². The van der Waals surface area contributed by atoms with Crippen molar-refractivity contribution < 1.29 is 14.6 Å². The maximum atomic E-state index is 10.8. The summed E-state index contributed by atoms with van der Waals surface area (Å²) in [5.41, 5.74) is 0.769. The lowest BCUT2D eigenvalue weighted by Gasteiger charge is -2.08. The molecule has 0 heterocycles. The van der Waals surface area contributed by atoms with Gasteiger partial charge in [0.2, 0.25) is 0 Å². The zero-order valence-electron chi connectivity index (χ0n) is 6.96. The Bertz CT molecular complexity index is 151. The predicted octanol–water partition coefficient (Wildman–Crippen LogP) is 0.877. The Balaban J connectivity index is 3.73. The molecule has 0 spiro atoms. The third-order valence-corrected chi connectivity index (χ3v) is 1.10. The maximum absolute atomic E-state index is 10.8. The van der Waals surface area contributed by atoms with Gasteiger partial charge in [-0.1, -0.05) is 5.57 Å². The van der Waals surface area contributed by atoms with Gasteiger partial charge >= 0.3 is 5.97 Å². The lowest BCUT2D eigenvalue weighted by Crippen LogP contribution is -2.22. The summed E-state index contributed by atoms with van der Waals surface area (Å²) in [6.45, 7) is 7.32. The molecular formula is C8H14O3. The molecule has 11 heavy (non-hydrogen) atoms. The van der Waals surface area contributed by atoms with Gasteiger partial charge in [-0.2, -0.15) is 0 Å². The van der Waals surface area contributed by atoms with E-state index < -0.39 is 12.1 Å². The first kappa shape index (κ1) is 10.2. The number of rotatable bonds is 4. The number of aliphatic hydroxyl groups excluding tert-OH is 1. The largest absolute Gasteiger partial charge is 0.464 e. The van der Waals surface area contributed by atoms with Crippen molar-refractivity contribution in [2.45, 2.75) is 26.4 Å². The first-order valence-electron chi connectivity index (χ1n) is 3.57. The number of ether oxygens (including phenoxy) is 1. The van der Waals surface area contributed by atoms with Crippen molar-refractivity contribution in [3.8, 4) is 0 Å². The van der Waals surface area contributed by atoms with Crippen LogP contribution in [0.3, 0.4) is 0 Å². The molecule has 0 aromatic heterocycles. The van der Waals surface area contributed by atoms with Gasteiger partial charge in [0.15, 0.2) is 6.10 Å². The van der Waals surface area contributed by atoms with Crippen LogP contribution >= 0.6 is 0 Å². The molecule has 0 saturated carbocycles. The van der Waals surface area contributed by atoms with Crippen LogP contribution in [0.2, 0.25) is 0 Å². The second kappa shape index (κ2) is 4.91. The van der Waals surface area contributed by atoms with Gasteiger partial charge in [-0.25, -0.2) is 4.79 Å². The lowest BCUT2D eigenvalue weighted by atomic mass is 10.1. The summed E-state index contributed by atoms with van der Waals surface area (Å²) in [7, 11) is 0. The van der Waals surface area contributed by atoms with Crippen molar-refractivity contribution in [3.05, 3.63) is 12.2 Å². The van der Waals surface area contributed by atoms with Crippen molar-refractivity contribution in [3.63, 3.8) is 0 Å². The van der Waals surface area contributed by atoms with Gasteiger partial charge in [0.05, 0.1) is 6.61 Å². The summed E-state index contributed by atoms with van der Waals surface area (Å²) in [6, 6.07) is 0. The molecule has 1 unspecified atom stereocenters. The average Bonchev–Trinajstić information content (AvgIpc) is 1.86. The number of hydrogen-bond acceptors (Lipinski definition) is 3. The Morgan fingerprint density at radius 3 is 2.64 bits per heavy atom. The highest BCUT2D eigenvalue weighted by Gasteiger charge is 2.15. The fraction of sp³-hybridized carbons (Fsp3) is 0.625. The smallest absolute Gasteiger partial charge is 0.335 e. The van der Waals surface area contributed by atoms with Crippen molar-refractivity contribution >= 4 is 5.97 Å². The van der Waals surface area contributed by atoms with Gasteiger partial charge in [0.1, 0.15) is 0 Å². The minimum atomic E-state index is -1.05. The number of aliphatic hydroxyl groups is 1. The van der Waals surface area contributed by atoms with Crippen LogP contribution in [0.1, 0.15) is 20.3 Å². The molecule has 1 N–H and O–H groups in total. The normalized spacial score (nSPS) is 12.3. The van der Waals surface area contributed by atoms with Gasteiger partial charge in [-0.3, -0.25) is 0 Å². The SMILES string of the molecule is C=C(C)CC(O)C(=O)OCC. The number of hydrogen-bond donors (Lipinski definition) is 1. The Labute approximate surface area is 66.7 Å². The summed E-state index contributed by atoms with van der Waals surface area (Å²) in [6.07, 6.45) is -0.772. The van der Waals surface area contributed by atoms with E-state index in [-0.39, 0.29) is 6.42 Å². The molecule has 1 atom stereocenters. The van der Waals surface area contributed by atoms with Crippen LogP contribution in [0.5, 0.6) is 0 Å². The van der Waals surface area contributed by atoms with E-state index in [1.54, 1.807) is 13.8 Å². The molecule has 0 aromatic carbocycles.